The molecule has 0 bridgehead atoms. The van der Waals surface area contributed by atoms with Gasteiger partial charge in [0.15, 0.2) is 5.13 Å². The topological polar surface area (TPSA) is 28.2 Å². The van der Waals surface area contributed by atoms with Crippen LogP contribution in [0.4, 0.5) is 5.13 Å². The third-order valence-corrected chi connectivity index (χ3v) is 4.60. The molecule has 1 saturated heterocycles. The highest BCUT2D eigenvalue weighted by molar-refractivity contribution is 7.15. The van der Waals surface area contributed by atoms with Crippen molar-refractivity contribution in [1.29, 1.82) is 0 Å². The highest BCUT2D eigenvalue weighted by atomic mass is 32.1. The lowest BCUT2D eigenvalue weighted by Gasteiger charge is -2.19. The lowest BCUT2D eigenvalue weighted by atomic mass is 10.1. The minimum atomic E-state index is 0.642. The first-order chi connectivity index (χ1) is 8.15. The molecule has 0 radical (unpaired) electrons. The largest absolute Gasteiger partial charge is 0.345 e. The van der Waals surface area contributed by atoms with E-state index < -0.39 is 0 Å². The molecule has 0 amide bonds. The van der Waals surface area contributed by atoms with E-state index in [1.54, 1.807) is 0 Å². The first-order valence-electron chi connectivity index (χ1n) is 6.55. The zero-order valence-electron chi connectivity index (χ0n) is 11.3. The maximum Gasteiger partial charge on any atom is 0.186 e. The summed E-state index contributed by atoms with van der Waals surface area (Å²) in [6.07, 6.45) is 2.33. The van der Waals surface area contributed by atoms with E-state index in [1.165, 1.54) is 22.1 Å². The van der Waals surface area contributed by atoms with Gasteiger partial charge in [-0.15, -0.1) is 11.3 Å². The van der Waals surface area contributed by atoms with Gasteiger partial charge in [-0.1, -0.05) is 13.8 Å². The third-order valence-electron chi connectivity index (χ3n) is 3.47. The van der Waals surface area contributed by atoms with Crippen LogP contribution in [0.2, 0.25) is 0 Å². The number of anilines is 1. The van der Waals surface area contributed by atoms with Crippen molar-refractivity contribution in [3.63, 3.8) is 0 Å². The van der Waals surface area contributed by atoms with Crippen LogP contribution in [-0.4, -0.2) is 24.6 Å². The molecule has 3 nitrogen and oxygen atoms in total. The van der Waals surface area contributed by atoms with E-state index in [-0.39, 0.29) is 0 Å². The van der Waals surface area contributed by atoms with E-state index >= 15 is 0 Å². The smallest absolute Gasteiger partial charge is 0.186 e. The highest BCUT2D eigenvalue weighted by Gasteiger charge is 2.28. The van der Waals surface area contributed by atoms with Crippen molar-refractivity contribution < 1.29 is 0 Å². The molecule has 0 spiro atoms. The fourth-order valence-electron chi connectivity index (χ4n) is 2.63. The van der Waals surface area contributed by atoms with E-state index in [0.717, 1.165) is 25.4 Å². The standard InChI is InChI=1S/C13H23N3S/c1-5-11-12(7-14-4)17-13(15-11)16-8-9(2)6-10(16)3/h9-10,14H,5-8H2,1-4H3. The molecule has 1 aromatic rings. The minimum absolute atomic E-state index is 0.642. The van der Waals surface area contributed by atoms with Gasteiger partial charge in [0, 0.05) is 24.0 Å². The molecule has 2 unspecified atom stereocenters. The second kappa shape index (κ2) is 5.36. The van der Waals surface area contributed by atoms with Crippen LogP contribution in [0.3, 0.4) is 0 Å². The number of nitrogens with one attached hydrogen (secondary N) is 1. The van der Waals surface area contributed by atoms with Gasteiger partial charge in [0.05, 0.1) is 5.69 Å². The Bertz CT molecular complexity index is 375. The molecule has 1 aliphatic rings. The Labute approximate surface area is 108 Å². The summed E-state index contributed by atoms with van der Waals surface area (Å²) in [4.78, 5) is 8.70. The summed E-state index contributed by atoms with van der Waals surface area (Å²) < 4.78 is 0. The molecule has 0 saturated carbocycles. The number of thiazole rings is 1. The van der Waals surface area contributed by atoms with E-state index in [2.05, 4.69) is 31.0 Å². The number of hydrogen-bond donors (Lipinski definition) is 1. The van der Waals surface area contributed by atoms with Crippen LogP contribution in [0.15, 0.2) is 0 Å². The maximum absolute atomic E-state index is 4.82. The Morgan fingerprint density at radius 3 is 2.76 bits per heavy atom. The molecule has 2 atom stereocenters. The first kappa shape index (κ1) is 12.8. The molecule has 1 aromatic heterocycles. The van der Waals surface area contributed by atoms with E-state index in [0.29, 0.717) is 6.04 Å². The number of rotatable bonds is 4. The molecular weight excluding hydrogens is 230 g/mol. The van der Waals surface area contributed by atoms with Crippen LogP contribution in [-0.2, 0) is 13.0 Å². The molecule has 0 aliphatic carbocycles. The van der Waals surface area contributed by atoms with Crippen LogP contribution in [0, 0.1) is 5.92 Å². The van der Waals surface area contributed by atoms with Crippen LogP contribution >= 0.6 is 11.3 Å². The number of aryl methyl sites for hydroxylation is 1. The second-order valence-corrected chi connectivity index (χ2v) is 6.15. The molecule has 1 fully saturated rings. The normalized spacial score (nSPS) is 24.6. The highest BCUT2D eigenvalue weighted by Crippen LogP contribution is 2.33. The van der Waals surface area contributed by atoms with Gasteiger partial charge in [-0.05, 0) is 32.7 Å². The number of nitrogens with zero attached hydrogens (tertiary/aromatic N) is 2. The van der Waals surface area contributed by atoms with Crippen molar-refractivity contribution in [2.24, 2.45) is 5.92 Å². The molecule has 1 N–H and O–H groups in total. The maximum atomic E-state index is 4.82. The lowest BCUT2D eigenvalue weighted by Crippen LogP contribution is -2.26. The Hall–Kier alpha value is -0.610. The van der Waals surface area contributed by atoms with Crippen LogP contribution < -0.4 is 10.2 Å². The van der Waals surface area contributed by atoms with E-state index in [4.69, 9.17) is 4.98 Å². The Morgan fingerprint density at radius 2 is 2.24 bits per heavy atom. The molecule has 1 aliphatic heterocycles. The summed E-state index contributed by atoms with van der Waals surface area (Å²) in [6, 6.07) is 0.642. The summed E-state index contributed by atoms with van der Waals surface area (Å²) in [5.74, 6) is 0.798. The summed E-state index contributed by atoms with van der Waals surface area (Å²) in [5.41, 5.74) is 1.27. The van der Waals surface area contributed by atoms with Crippen molar-refractivity contribution in [1.82, 2.24) is 10.3 Å². The van der Waals surface area contributed by atoms with Crippen LogP contribution in [0.1, 0.15) is 37.8 Å². The fraction of sp³-hybridized carbons (Fsp3) is 0.769. The van der Waals surface area contributed by atoms with Gasteiger partial charge in [-0.25, -0.2) is 4.98 Å². The Kier molecular flexibility index (Phi) is 4.05. The Morgan fingerprint density at radius 1 is 1.47 bits per heavy atom. The average Bonchev–Trinajstić information content (AvgIpc) is 2.82. The minimum Gasteiger partial charge on any atom is -0.345 e. The summed E-state index contributed by atoms with van der Waals surface area (Å²) in [5, 5.41) is 4.46. The van der Waals surface area contributed by atoms with Crippen LogP contribution in [0.5, 0.6) is 0 Å². The predicted molar refractivity (Wildman–Crippen MR) is 74.8 cm³/mol. The van der Waals surface area contributed by atoms with Gasteiger partial charge in [-0.3, -0.25) is 0 Å². The van der Waals surface area contributed by atoms with Crippen LogP contribution in [0.25, 0.3) is 0 Å². The zero-order valence-corrected chi connectivity index (χ0v) is 12.1. The average molecular weight is 253 g/mol. The quantitative estimate of drug-likeness (QED) is 0.894. The molecule has 17 heavy (non-hydrogen) atoms. The second-order valence-electron chi connectivity index (χ2n) is 5.09. The SMILES string of the molecule is CCc1nc(N2CC(C)CC2C)sc1CNC. The Balaban J connectivity index is 2.21. The molecule has 2 heterocycles. The summed E-state index contributed by atoms with van der Waals surface area (Å²) in [7, 11) is 2.00. The first-order valence-corrected chi connectivity index (χ1v) is 7.37. The molecule has 2 rings (SSSR count). The van der Waals surface area contributed by atoms with Crippen molar-refractivity contribution in [3.05, 3.63) is 10.6 Å². The summed E-state index contributed by atoms with van der Waals surface area (Å²) in [6.45, 7) is 8.94. The van der Waals surface area contributed by atoms with Gasteiger partial charge in [0.1, 0.15) is 0 Å². The molecule has 96 valence electrons. The van der Waals surface area contributed by atoms with Gasteiger partial charge >= 0.3 is 0 Å². The van der Waals surface area contributed by atoms with Gasteiger partial charge in [0.2, 0.25) is 0 Å². The predicted octanol–water partition coefficient (Wildman–Crippen LogP) is 2.66. The van der Waals surface area contributed by atoms with E-state index in [1.807, 2.05) is 18.4 Å². The van der Waals surface area contributed by atoms with Crippen molar-refractivity contribution in [2.75, 3.05) is 18.5 Å². The van der Waals surface area contributed by atoms with Crippen molar-refractivity contribution in [3.8, 4) is 0 Å². The number of aromatic nitrogens is 1. The molecular formula is C13H23N3S. The third kappa shape index (κ3) is 2.63. The zero-order chi connectivity index (χ0) is 12.4. The fourth-order valence-corrected chi connectivity index (χ4v) is 3.91. The number of hydrogen-bond acceptors (Lipinski definition) is 4. The monoisotopic (exact) mass is 253 g/mol. The van der Waals surface area contributed by atoms with E-state index in [9.17, 15) is 0 Å². The van der Waals surface area contributed by atoms with Gasteiger partial charge in [-0.2, -0.15) is 0 Å². The van der Waals surface area contributed by atoms with Gasteiger partial charge < -0.3 is 10.2 Å². The van der Waals surface area contributed by atoms with Crippen molar-refractivity contribution >= 4 is 16.5 Å². The molecule has 4 heteroatoms. The lowest BCUT2D eigenvalue weighted by molar-refractivity contribution is 0.625. The molecule has 0 aromatic carbocycles. The van der Waals surface area contributed by atoms with Crippen molar-refractivity contribution in [2.45, 2.75) is 46.2 Å². The summed E-state index contributed by atoms with van der Waals surface area (Å²) >= 11 is 1.86. The van der Waals surface area contributed by atoms with Gasteiger partial charge in [0.25, 0.3) is 0 Å².